The van der Waals surface area contributed by atoms with Gasteiger partial charge in [-0.3, -0.25) is 9.00 Å². The van der Waals surface area contributed by atoms with E-state index in [4.69, 9.17) is 5.73 Å². The molecule has 1 unspecified atom stereocenters. The predicted octanol–water partition coefficient (Wildman–Crippen LogP) is 1.10. The van der Waals surface area contributed by atoms with Gasteiger partial charge in [-0.25, -0.2) is 0 Å². The van der Waals surface area contributed by atoms with Crippen molar-refractivity contribution in [1.29, 1.82) is 0 Å². The molecule has 88 valence electrons. The second-order valence-electron chi connectivity index (χ2n) is 3.13. The minimum absolute atomic E-state index is 0.00668. The number of benzene rings is 1. The number of carbonyl (C=O) groups excluding carboxylic acids is 1. The van der Waals surface area contributed by atoms with Gasteiger partial charge in [0.2, 0.25) is 5.91 Å². The Hall–Kier alpha value is -0.720. The summed E-state index contributed by atoms with van der Waals surface area (Å²) in [7, 11) is -1.17. The number of amides is 1. The van der Waals surface area contributed by atoms with E-state index in [1.165, 1.54) is 0 Å². The van der Waals surface area contributed by atoms with Crippen LogP contribution in [-0.2, 0) is 15.6 Å². The van der Waals surface area contributed by atoms with Crippen molar-refractivity contribution < 1.29 is 9.00 Å². The highest BCUT2D eigenvalue weighted by Gasteiger charge is 2.07. The Balaban J connectivity index is 2.45. The summed E-state index contributed by atoms with van der Waals surface area (Å²) < 4.78 is 12.2. The van der Waals surface area contributed by atoms with Crippen molar-refractivity contribution in [2.24, 2.45) is 5.73 Å². The number of halogens is 1. The van der Waals surface area contributed by atoms with Gasteiger partial charge in [-0.15, -0.1) is 0 Å². The molecular weight excluding hydrogens is 292 g/mol. The Bertz CT molecular complexity index is 381. The summed E-state index contributed by atoms with van der Waals surface area (Å²) in [5.41, 5.74) is 5.94. The smallest absolute Gasteiger partial charge is 0.236 e. The summed E-state index contributed by atoms with van der Waals surface area (Å²) in [5.74, 6) is 0.0928. The largest absolute Gasteiger partial charge is 0.330 e. The van der Waals surface area contributed by atoms with Gasteiger partial charge >= 0.3 is 0 Å². The average Bonchev–Trinajstić information content (AvgIpc) is 2.21. The fraction of sp³-hybridized carbons (Fsp3) is 0.300. The van der Waals surface area contributed by atoms with Gasteiger partial charge in [0.05, 0.1) is 0 Å². The van der Waals surface area contributed by atoms with Crippen molar-refractivity contribution >= 4 is 38.3 Å². The number of nitrogens with two attached hydrogens (primary N) is 1. The molecule has 0 saturated heterocycles. The van der Waals surface area contributed by atoms with E-state index in [9.17, 15) is 9.00 Å². The van der Waals surface area contributed by atoms with Crippen LogP contribution in [0.5, 0.6) is 0 Å². The number of nitrogens with one attached hydrogen (secondary N) is 1. The molecule has 0 spiro atoms. The van der Waals surface area contributed by atoms with Gasteiger partial charge in [0.25, 0.3) is 0 Å². The molecule has 16 heavy (non-hydrogen) atoms. The molecule has 0 aliphatic carbocycles. The molecule has 0 radical (unpaired) electrons. The maximum atomic E-state index is 11.4. The Morgan fingerprint density at radius 2 is 2.00 bits per heavy atom. The van der Waals surface area contributed by atoms with Crippen LogP contribution >= 0.6 is 15.9 Å². The SMILES string of the molecule is NCCS(=O)CC(=O)Nc1ccc(Br)cc1. The van der Waals surface area contributed by atoms with Crippen molar-refractivity contribution in [3.63, 3.8) is 0 Å². The number of carbonyl (C=O) groups is 1. The van der Waals surface area contributed by atoms with Crippen LogP contribution in [0.1, 0.15) is 0 Å². The zero-order valence-electron chi connectivity index (χ0n) is 8.61. The van der Waals surface area contributed by atoms with Crippen LogP contribution in [0.4, 0.5) is 5.69 Å². The van der Waals surface area contributed by atoms with Gasteiger partial charge in [-0.05, 0) is 24.3 Å². The maximum Gasteiger partial charge on any atom is 0.236 e. The molecule has 1 aromatic carbocycles. The standard InChI is InChI=1S/C10H13BrN2O2S/c11-8-1-3-9(4-2-8)13-10(14)7-16(15)6-5-12/h1-4H,5-7,12H2,(H,13,14). The van der Waals surface area contributed by atoms with Crippen LogP contribution in [0, 0.1) is 0 Å². The second kappa shape index (κ2) is 6.78. The van der Waals surface area contributed by atoms with Gasteiger partial charge in [-0.1, -0.05) is 15.9 Å². The summed E-state index contributed by atoms with van der Waals surface area (Å²) in [5, 5.41) is 2.66. The van der Waals surface area contributed by atoms with E-state index in [0.717, 1.165) is 4.47 Å². The summed E-state index contributed by atoms with van der Waals surface area (Å²) in [6.07, 6.45) is 0. The highest BCUT2D eigenvalue weighted by molar-refractivity contribution is 9.10. The van der Waals surface area contributed by atoms with Crippen LogP contribution in [0.3, 0.4) is 0 Å². The van der Waals surface area contributed by atoms with Crippen LogP contribution in [0.2, 0.25) is 0 Å². The normalized spacial score (nSPS) is 12.1. The Morgan fingerprint density at radius 1 is 1.38 bits per heavy atom. The van der Waals surface area contributed by atoms with Crippen molar-refractivity contribution in [3.8, 4) is 0 Å². The third-order valence-electron chi connectivity index (χ3n) is 1.77. The molecule has 0 saturated carbocycles. The first-order valence-corrected chi connectivity index (χ1v) is 7.00. The lowest BCUT2D eigenvalue weighted by atomic mass is 10.3. The zero-order valence-corrected chi connectivity index (χ0v) is 11.0. The first-order chi connectivity index (χ1) is 7.61. The number of rotatable bonds is 5. The van der Waals surface area contributed by atoms with Gasteiger partial charge in [0.1, 0.15) is 5.75 Å². The van der Waals surface area contributed by atoms with E-state index in [1.807, 2.05) is 12.1 Å². The zero-order chi connectivity index (χ0) is 12.0. The van der Waals surface area contributed by atoms with Crippen molar-refractivity contribution in [2.75, 3.05) is 23.4 Å². The Morgan fingerprint density at radius 3 is 2.56 bits per heavy atom. The molecule has 0 heterocycles. The quantitative estimate of drug-likeness (QED) is 0.855. The molecule has 1 atom stereocenters. The van der Waals surface area contributed by atoms with Crippen LogP contribution in [0.25, 0.3) is 0 Å². The third kappa shape index (κ3) is 4.87. The first kappa shape index (κ1) is 13.3. The third-order valence-corrected chi connectivity index (χ3v) is 3.57. The fourth-order valence-corrected chi connectivity index (χ4v) is 2.12. The molecule has 0 aliphatic heterocycles. The molecule has 3 N–H and O–H groups in total. The predicted molar refractivity (Wildman–Crippen MR) is 69.7 cm³/mol. The lowest BCUT2D eigenvalue weighted by Gasteiger charge is -2.04. The van der Waals surface area contributed by atoms with E-state index in [1.54, 1.807) is 12.1 Å². The van der Waals surface area contributed by atoms with E-state index in [0.29, 0.717) is 18.0 Å². The van der Waals surface area contributed by atoms with Crippen LogP contribution in [-0.4, -0.2) is 28.2 Å². The summed E-state index contributed by atoms with van der Waals surface area (Å²) >= 11 is 3.30. The van der Waals surface area contributed by atoms with Crippen LogP contribution < -0.4 is 11.1 Å². The molecule has 0 bridgehead atoms. The summed E-state index contributed by atoms with van der Waals surface area (Å²) in [4.78, 5) is 11.4. The second-order valence-corrected chi connectivity index (χ2v) is 5.62. The van der Waals surface area contributed by atoms with Gasteiger partial charge in [0, 0.05) is 33.3 Å². The molecule has 4 nitrogen and oxygen atoms in total. The molecular formula is C10H13BrN2O2S. The van der Waals surface area contributed by atoms with Crippen molar-refractivity contribution in [1.82, 2.24) is 0 Å². The van der Waals surface area contributed by atoms with Gasteiger partial charge < -0.3 is 11.1 Å². The average molecular weight is 305 g/mol. The van der Waals surface area contributed by atoms with Gasteiger partial charge in [0.15, 0.2) is 0 Å². The van der Waals surface area contributed by atoms with Crippen LogP contribution in [0.15, 0.2) is 28.7 Å². The van der Waals surface area contributed by atoms with E-state index < -0.39 is 10.8 Å². The number of hydrogen-bond acceptors (Lipinski definition) is 3. The van der Waals surface area contributed by atoms with E-state index in [-0.39, 0.29) is 11.7 Å². The number of anilines is 1. The minimum Gasteiger partial charge on any atom is -0.330 e. The molecule has 1 aromatic rings. The van der Waals surface area contributed by atoms with E-state index in [2.05, 4.69) is 21.2 Å². The summed E-state index contributed by atoms with van der Waals surface area (Å²) in [6, 6.07) is 7.20. The fourth-order valence-electron chi connectivity index (χ4n) is 1.08. The topological polar surface area (TPSA) is 72.2 Å². The van der Waals surface area contributed by atoms with Gasteiger partial charge in [-0.2, -0.15) is 0 Å². The first-order valence-electron chi connectivity index (χ1n) is 4.72. The monoisotopic (exact) mass is 304 g/mol. The highest BCUT2D eigenvalue weighted by Crippen LogP contribution is 2.13. The lowest BCUT2D eigenvalue weighted by molar-refractivity contribution is -0.113. The molecule has 1 rings (SSSR count). The van der Waals surface area contributed by atoms with E-state index >= 15 is 0 Å². The molecule has 1 amide bonds. The molecule has 0 fully saturated rings. The Kier molecular flexibility index (Phi) is 5.65. The lowest BCUT2D eigenvalue weighted by Crippen LogP contribution is -2.23. The number of hydrogen-bond donors (Lipinski definition) is 2. The highest BCUT2D eigenvalue weighted by atomic mass is 79.9. The maximum absolute atomic E-state index is 11.4. The van der Waals surface area contributed by atoms with Crippen molar-refractivity contribution in [3.05, 3.63) is 28.7 Å². The molecule has 0 aliphatic rings. The minimum atomic E-state index is -1.17. The Labute approximate surface area is 105 Å². The van der Waals surface area contributed by atoms with Crippen molar-refractivity contribution in [2.45, 2.75) is 0 Å². The molecule has 0 aromatic heterocycles. The summed E-state index contributed by atoms with van der Waals surface area (Å²) in [6.45, 7) is 0.332. The molecule has 6 heteroatoms.